The van der Waals surface area contributed by atoms with Gasteiger partial charge in [0.25, 0.3) is 5.19 Å². The molecular weight excluding hydrogens is 593 g/mol. The predicted molar refractivity (Wildman–Crippen MR) is 186 cm³/mol. The highest BCUT2D eigenvalue weighted by atomic mass is 32.1. The summed E-state index contributed by atoms with van der Waals surface area (Å²) in [5.41, 5.74) is 5.83. The molecule has 0 bridgehead atoms. The number of hydrogen-bond donors (Lipinski definition) is 0. The van der Waals surface area contributed by atoms with Gasteiger partial charge in [-0.1, -0.05) is 65.9 Å². The van der Waals surface area contributed by atoms with Crippen molar-refractivity contribution in [1.82, 2.24) is 4.98 Å². The zero-order valence-electron chi connectivity index (χ0n) is 27.3. The van der Waals surface area contributed by atoms with Crippen LogP contribution in [0.4, 0.5) is 5.69 Å². The maximum Gasteiger partial charge on any atom is 0.273 e. The summed E-state index contributed by atoms with van der Waals surface area (Å²) in [6.07, 6.45) is 10.2. The molecule has 1 amide bonds. The van der Waals surface area contributed by atoms with Gasteiger partial charge in [0.05, 0.1) is 31.8 Å². The number of thiazole rings is 1. The molecular formula is C39H46N2O4S. The topological polar surface area (TPSA) is 60.9 Å². The Hall–Kier alpha value is -3.68. The number of carbonyl (C=O) groups is 1. The highest BCUT2D eigenvalue weighted by Crippen LogP contribution is 2.40. The number of amides is 1. The average Bonchev–Trinajstić information content (AvgIpc) is 3.60. The van der Waals surface area contributed by atoms with E-state index in [-0.39, 0.29) is 17.9 Å². The lowest BCUT2D eigenvalue weighted by atomic mass is 9.78. The summed E-state index contributed by atoms with van der Waals surface area (Å²) >= 11 is 1.52. The molecule has 6 nitrogen and oxygen atoms in total. The van der Waals surface area contributed by atoms with Crippen LogP contribution in [0.1, 0.15) is 74.0 Å². The van der Waals surface area contributed by atoms with Gasteiger partial charge in [0.1, 0.15) is 5.75 Å². The van der Waals surface area contributed by atoms with Crippen LogP contribution >= 0.6 is 11.3 Å². The summed E-state index contributed by atoms with van der Waals surface area (Å²) in [7, 11) is 3.38. The minimum atomic E-state index is 0.0161. The molecule has 2 aliphatic carbocycles. The number of aryl methyl sites for hydroxylation is 1. The van der Waals surface area contributed by atoms with E-state index in [0.29, 0.717) is 23.6 Å². The van der Waals surface area contributed by atoms with E-state index in [2.05, 4.69) is 83.5 Å². The van der Waals surface area contributed by atoms with E-state index in [9.17, 15) is 4.79 Å². The molecule has 242 valence electrons. The molecule has 2 saturated carbocycles. The second kappa shape index (κ2) is 15.3. The molecule has 1 aromatic heterocycles. The third-order valence-corrected chi connectivity index (χ3v) is 10.9. The Labute approximate surface area is 277 Å². The first-order valence-electron chi connectivity index (χ1n) is 16.7. The Morgan fingerprint density at radius 2 is 1.65 bits per heavy atom. The maximum absolute atomic E-state index is 14.4. The highest BCUT2D eigenvalue weighted by Gasteiger charge is 2.33. The maximum atomic E-state index is 14.4. The summed E-state index contributed by atoms with van der Waals surface area (Å²) in [4.78, 5) is 21.9. The van der Waals surface area contributed by atoms with E-state index in [1.54, 1.807) is 14.2 Å². The van der Waals surface area contributed by atoms with Crippen LogP contribution in [-0.2, 0) is 16.1 Å². The molecule has 6 rings (SSSR count). The first kappa shape index (κ1) is 32.3. The number of ether oxygens (including phenoxy) is 3. The zero-order chi connectivity index (χ0) is 31.9. The number of anilines is 1. The van der Waals surface area contributed by atoms with Crippen molar-refractivity contribution in [3.8, 4) is 21.4 Å². The molecule has 0 N–H and O–H groups in total. The van der Waals surface area contributed by atoms with E-state index >= 15 is 0 Å². The number of rotatable bonds is 11. The SMILES string of the molecule is COc1ncc(-c2cccc(N(CC3CCC(c4ccc(OC)c(C)c4)CC3)C(=O)C3CCC(OCc4ccccc4)CC3)c2)s1. The van der Waals surface area contributed by atoms with Gasteiger partial charge < -0.3 is 19.1 Å². The van der Waals surface area contributed by atoms with Gasteiger partial charge in [-0.15, -0.1) is 0 Å². The fourth-order valence-corrected chi connectivity index (χ4v) is 7.94. The van der Waals surface area contributed by atoms with E-state index in [1.807, 2.05) is 12.3 Å². The molecule has 0 unspecified atom stereocenters. The number of nitrogens with zero attached hydrogens (tertiary/aromatic N) is 2. The molecule has 0 atom stereocenters. The van der Waals surface area contributed by atoms with Crippen molar-refractivity contribution in [1.29, 1.82) is 0 Å². The molecule has 1 heterocycles. The van der Waals surface area contributed by atoms with Gasteiger partial charge in [0.15, 0.2) is 0 Å². The number of methoxy groups -OCH3 is 2. The minimum absolute atomic E-state index is 0.0161. The molecule has 3 aromatic carbocycles. The molecule has 46 heavy (non-hydrogen) atoms. The van der Waals surface area contributed by atoms with Gasteiger partial charge >= 0.3 is 0 Å². The van der Waals surface area contributed by atoms with E-state index in [1.165, 1.54) is 28.0 Å². The first-order valence-corrected chi connectivity index (χ1v) is 17.5. The molecule has 4 aromatic rings. The van der Waals surface area contributed by atoms with Crippen molar-refractivity contribution >= 4 is 22.9 Å². The van der Waals surface area contributed by atoms with Crippen LogP contribution in [0.25, 0.3) is 10.4 Å². The summed E-state index contributed by atoms with van der Waals surface area (Å²) in [6, 6.07) is 25.4. The van der Waals surface area contributed by atoms with Gasteiger partial charge in [-0.25, -0.2) is 4.98 Å². The Morgan fingerprint density at radius 1 is 0.870 bits per heavy atom. The van der Waals surface area contributed by atoms with Crippen molar-refractivity contribution in [3.63, 3.8) is 0 Å². The Balaban J connectivity index is 1.14. The van der Waals surface area contributed by atoms with Crippen LogP contribution in [0.5, 0.6) is 10.9 Å². The fraction of sp³-hybridized carbons (Fsp3) is 0.436. The van der Waals surface area contributed by atoms with E-state index < -0.39 is 0 Å². The van der Waals surface area contributed by atoms with Crippen molar-refractivity contribution in [2.75, 3.05) is 25.7 Å². The molecule has 0 radical (unpaired) electrons. The molecule has 2 aliphatic rings. The summed E-state index contributed by atoms with van der Waals surface area (Å²) in [6.45, 7) is 3.51. The number of benzene rings is 3. The van der Waals surface area contributed by atoms with Crippen LogP contribution < -0.4 is 14.4 Å². The van der Waals surface area contributed by atoms with Gasteiger partial charge in [0.2, 0.25) is 5.91 Å². The first-order chi connectivity index (χ1) is 22.5. The third-order valence-electron chi connectivity index (χ3n) is 9.90. The Bertz CT molecular complexity index is 1570. The van der Waals surface area contributed by atoms with Crippen LogP contribution in [0, 0.1) is 18.8 Å². The quantitative estimate of drug-likeness (QED) is 0.164. The lowest BCUT2D eigenvalue weighted by Gasteiger charge is -2.36. The minimum Gasteiger partial charge on any atom is -0.496 e. The van der Waals surface area contributed by atoms with Crippen LogP contribution in [0.2, 0.25) is 0 Å². The van der Waals surface area contributed by atoms with E-state index in [0.717, 1.165) is 79.8 Å². The number of hydrogen-bond acceptors (Lipinski definition) is 6. The van der Waals surface area contributed by atoms with Crippen LogP contribution in [0.3, 0.4) is 0 Å². The van der Waals surface area contributed by atoms with Crippen molar-refractivity contribution in [3.05, 3.63) is 95.7 Å². The molecule has 2 fully saturated rings. The smallest absolute Gasteiger partial charge is 0.273 e. The van der Waals surface area contributed by atoms with Crippen molar-refractivity contribution in [2.45, 2.75) is 76.9 Å². The fourth-order valence-electron chi connectivity index (χ4n) is 7.21. The Kier molecular flexibility index (Phi) is 10.7. The third kappa shape index (κ3) is 7.81. The van der Waals surface area contributed by atoms with Crippen LogP contribution in [-0.4, -0.2) is 37.8 Å². The van der Waals surface area contributed by atoms with Gasteiger partial charge in [-0.05, 0) is 111 Å². The predicted octanol–water partition coefficient (Wildman–Crippen LogP) is 9.22. The van der Waals surface area contributed by atoms with E-state index in [4.69, 9.17) is 14.2 Å². The lowest BCUT2D eigenvalue weighted by molar-refractivity contribution is -0.124. The summed E-state index contributed by atoms with van der Waals surface area (Å²) in [5.74, 6) is 2.25. The average molecular weight is 639 g/mol. The number of aromatic nitrogens is 1. The van der Waals surface area contributed by atoms with Crippen LogP contribution in [0.15, 0.2) is 79.0 Å². The largest absolute Gasteiger partial charge is 0.496 e. The Morgan fingerprint density at radius 3 is 2.35 bits per heavy atom. The highest BCUT2D eigenvalue weighted by molar-refractivity contribution is 7.16. The van der Waals surface area contributed by atoms with Gasteiger partial charge in [-0.2, -0.15) is 0 Å². The van der Waals surface area contributed by atoms with Gasteiger partial charge in [0, 0.05) is 24.3 Å². The molecule has 0 saturated heterocycles. The van der Waals surface area contributed by atoms with Gasteiger partial charge in [-0.3, -0.25) is 4.79 Å². The molecule has 7 heteroatoms. The molecule has 0 spiro atoms. The molecule has 0 aliphatic heterocycles. The van der Waals surface area contributed by atoms with Crippen molar-refractivity contribution in [2.24, 2.45) is 11.8 Å². The normalized spacial score (nSPS) is 21.5. The monoisotopic (exact) mass is 638 g/mol. The second-order valence-corrected chi connectivity index (χ2v) is 13.9. The zero-order valence-corrected chi connectivity index (χ0v) is 28.1. The second-order valence-electron chi connectivity index (χ2n) is 12.9. The van der Waals surface area contributed by atoms with Crippen molar-refractivity contribution < 1.29 is 19.0 Å². The standard InChI is InChI=1S/C39H46N2O4S/c1-27-22-32(18-21-36(27)43-2)30-14-12-28(13-15-30)25-41(34-11-7-10-33(23-34)37-24-40-39(44-3)46-37)38(42)31-16-19-35(20-17-31)45-26-29-8-5-4-6-9-29/h4-11,18,21-24,28,30-31,35H,12-17,19-20,25-26H2,1-3H3. The lowest BCUT2D eigenvalue weighted by Crippen LogP contribution is -2.42. The number of carbonyl (C=O) groups excluding carboxylic acids is 1. The summed E-state index contributed by atoms with van der Waals surface area (Å²) < 4.78 is 17.1. The summed E-state index contributed by atoms with van der Waals surface area (Å²) in [5, 5.41) is 0.642.